The fourth-order valence-corrected chi connectivity index (χ4v) is 4.23. The molecular weight excluding hydrogens is 268 g/mol. The Labute approximate surface area is 114 Å². The molecule has 1 aromatic rings. The summed E-state index contributed by atoms with van der Waals surface area (Å²) in [4.78, 5) is 0.223. The van der Waals surface area contributed by atoms with Crippen LogP contribution in [0.1, 0.15) is 12.5 Å². The Kier molecular flexibility index (Phi) is 5.07. The molecule has 0 fully saturated rings. The molecule has 4 nitrogen and oxygen atoms in total. The Morgan fingerprint density at radius 1 is 1.44 bits per heavy atom. The molecular formula is C12H20N2O2S2. The lowest BCUT2D eigenvalue weighted by Crippen LogP contribution is -2.37. The maximum Gasteiger partial charge on any atom is 0.245 e. The normalized spacial score (nSPS) is 13.8. The molecule has 0 aliphatic carbocycles. The first kappa shape index (κ1) is 15.3. The van der Waals surface area contributed by atoms with Crippen LogP contribution in [-0.2, 0) is 10.0 Å². The molecule has 18 heavy (non-hydrogen) atoms. The van der Waals surface area contributed by atoms with Crippen LogP contribution in [0.25, 0.3) is 0 Å². The third-order valence-electron chi connectivity index (χ3n) is 2.91. The van der Waals surface area contributed by atoms with E-state index in [9.17, 15) is 8.42 Å². The van der Waals surface area contributed by atoms with Gasteiger partial charge in [0.25, 0.3) is 0 Å². The van der Waals surface area contributed by atoms with Gasteiger partial charge in [0.1, 0.15) is 4.90 Å². The third-order valence-corrected chi connectivity index (χ3v) is 5.92. The maximum absolute atomic E-state index is 12.5. The topological polar surface area (TPSA) is 63.4 Å². The Morgan fingerprint density at radius 3 is 2.56 bits per heavy atom. The number of aryl methyl sites for hydroxylation is 1. The minimum atomic E-state index is -3.53. The predicted octanol–water partition coefficient (Wildman–Crippen LogP) is 1.95. The van der Waals surface area contributed by atoms with Crippen molar-refractivity contribution in [3.63, 3.8) is 0 Å². The fraction of sp³-hybridized carbons (Fsp3) is 0.500. The van der Waals surface area contributed by atoms with Gasteiger partial charge >= 0.3 is 0 Å². The zero-order chi connectivity index (χ0) is 13.9. The van der Waals surface area contributed by atoms with Crippen LogP contribution in [0.15, 0.2) is 23.1 Å². The highest BCUT2D eigenvalue weighted by Gasteiger charge is 2.28. The summed E-state index contributed by atoms with van der Waals surface area (Å²) in [5.74, 6) is 0.752. The lowest BCUT2D eigenvalue weighted by atomic mass is 10.2. The molecule has 1 unspecified atom stereocenters. The highest BCUT2D eigenvalue weighted by atomic mass is 32.2. The first-order chi connectivity index (χ1) is 8.32. The van der Waals surface area contributed by atoms with E-state index in [1.165, 1.54) is 4.31 Å². The second kappa shape index (κ2) is 5.95. The van der Waals surface area contributed by atoms with Crippen LogP contribution in [0.4, 0.5) is 5.69 Å². The molecule has 102 valence electrons. The summed E-state index contributed by atoms with van der Waals surface area (Å²) in [6, 6.07) is 5.07. The molecule has 6 heteroatoms. The number of rotatable bonds is 5. The molecule has 1 atom stereocenters. The predicted molar refractivity (Wildman–Crippen MR) is 78.4 cm³/mol. The summed E-state index contributed by atoms with van der Waals surface area (Å²) < 4.78 is 26.4. The summed E-state index contributed by atoms with van der Waals surface area (Å²) in [5, 5.41) is 0. The molecule has 1 aromatic carbocycles. The van der Waals surface area contributed by atoms with E-state index in [0.717, 1.165) is 5.75 Å². The molecule has 0 aromatic heterocycles. The van der Waals surface area contributed by atoms with Gasteiger partial charge in [-0.15, -0.1) is 0 Å². The van der Waals surface area contributed by atoms with Crippen molar-refractivity contribution < 1.29 is 8.42 Å². The second-order valence-corrected chi connectivity index (χ2v) is 7.16. The smallest absolute Gasteiger partial charge is 0.245 e. The lowest BCUT2D eigenvalue weighted by Gasteiger charge is -2.25. The Hall–Kier alpha value is -0.720. The molecule has 0 radical (unpaired) electrons. The standard InChI is InChI=1S/C12H20N2O2S2/c1-9-6-5-7-11(13)12(9)18(15,16)14(3)10(2)8-17-4/h5-7,10H,8,13H2,1-4H3. The van der Waals surface area contributed by atoms with Crippen molar-refractivity contribution in [2.45, 2.75) is 24.8 Å². The minimum absolute atomic E-state index is 0.0657. The van der Waals surface area contributed by atoms with Crippen molar-refractivity contribution in [2.75, 3.05) is 24.8 Å². The van der Waals surface area contributed by atoms with E-state index in [1.54, 1.807) is 43.9 Å². The van der Waals surface area contributed by atoms with Crippen LogP contribution in [0.3, 0.4) is 0 Å². The Morgan fingerprint density at radius 2 is 2.06 bits per heavy atom. The van der Waals surface area contributed by atoms with Crippen LogP contribution in [-0.4, -0.2) is 37.8 Å². The molecule has 2 N–H and O–H groups in total. The molecule has 0 bridgehead atoms. The molecule has 0 heterocycles. The Bertz CT molecular complexity index is 495. The van der Waals surface area contributed by atoms with Crippen LogP contribution in [0.5, 0.6) is 0 Å². The first-order valence-electron chi connectivity index (χ1n) is 5.64. The number of hydrogen-bond acceptors (Lipinski definition) is 4. The summed E-state index contributed by atoms with van der Waals surface area (Å²) in [7, 11) is -1.93. The SMILES string of the molecule is CSCC(C)N(C)S(=O)(=O)c1c(C)cccc1N. The molecule has 0 amide bonds. The van der Waals surface area contributed by atoms with E-state index >= 15 is 0 Å². The van der Waals surface area contributed by atoms with Gasteiger partial charge in [-0.2, -0.15) is 16.1 Å². The minimum Gasteiger partial charge on any atom is -0.398 e. The number of thioether (sulfide) groups is 1. The van der Waals surface area contributed by atoms with Crippen molar-refractivity contribution in [3.8, 4) is 0 Å². The van der Waals surface area contributed by atoms with Gasteiger partial charge in [0.2, 0.25) is 10.0 Å². The molecule has 0 spiro atoms. The van der Waals surface area contributed by atoms with Crippen molar-refractivity contribution in [2.24, 2.45) is 0 Å². The van der Waals surface area contributed by atoms with E-state index < -0.39 is 10.0 Å². The first-order valence-corrected chi connectivity index (χ1v) is 8.47. The zero-order valence-electron chi connectivity index (χ0n) is 11.2. The highest BCUT2D eigenvalue weighted by molar-refractivity contribution is 7.98. The van der Waals surface area contributed by atoms with E-state index in [1.807, 2.05) is 13.2 Å². The Balaban J connectivity index is 3.22. The largest absolute Gasteiger partial charge is 0.398 e. The average Bonchev–Trinajstić information content (AvgIpc) is 2.27. The molecule has 0 saturated heterocycles. The van der Waals surface area contributed by atoms with Crippen LogP contribution >= 0.6 is 11.8 Å². The van der Waals surface area contributed by atoms with Crippen LogP contribution in [0.2, 0.25) is 0 Å². The summed E-state index contributed by atoms with van der Waals surface area (Å²) >= 11 is 1.62. The van der Waals surface area contributed by atoms with E-state index in [2.05, 4.69) is 0 Å². The van der Waals surface area contributed by atoms with Gasteiger partial charge in [-0.1, -0.05) is 12.1 Å². The maximum atomic E-state index is 12.5. The number of anilines is 1. The highest BCUT2D eigenvalue weighted by Crippen LogP contribution is 2.26. The molecule has 0 saturated carbocycles. The van der Waals surface area contributed by atoms with Crippen LogP contribution < -0.4 is 5.73 Å². The summed E-state index contributed by atoms with van der Waals surface area (Å²) in [5.41, 5.74) is 6.79. The number of nitrogens with zero attached hydrogens (tertiary/aromatic N) is 1. The van der Waals surface area contributed by atoms with Crippen molar-refractivity contribution in [1.29, 1.82) is 0 Å². The fourth-order valence-electron chi connectivity index (χ4n) is 1.75. The second-order valence-electron chi connectivity index (χ2n) is 4.32. The van der Waals surface area contributed by atoms with E-state index in [-0.39, 0.29) is 10.9 Å². The number of benzene rings is 1. The van der Waals surface area contributed by atoms with Gasteiger partial charge in [-0.05, 0) is 31.7 Å². The van der Waals surface area contributed by atoms with Gasteiger partial charge in [0.05, 0.1) is 5.69 Å². The van der Waals surface area contributed by atoms with E-state index in [0.29, 0.717) is 11.3 Å². The van der Waals surface area contributed by atoms with Gasteiger partial charge in [-0.3, -0.25) is 0 Å². The van der Waals surface area contributed by atoms with Gasteiger partial charge in [0, 0.05) is 18.8 Å². The van der Waals surface area contributed by atoms with Crippen molar-refractivity contribution in [3.05, 3.63) is 23.8 Å². The van der Waals surface area contributed by atoms with Gasteiger partial charge in [0.15, 0.2) is 0 Å². The molecule has 1 rings (SSSR count). The third kappa shape index (κ3) is 2.99. The molecule has 0 aliphatic rings. The summed E-state index contributed by atoms with van der Waals surface area (Å²) in [6.45, 7) is 3.65. The van der Waals surface area contributed by atoms with Gasteiger partial charge in [-0.25, -0.2) is 8.42 Å². The van der Waals surface area contributed by atoms with Crippen LogP contribution in [0, 0.1) is 6.92 Å². The lowest BCUT2D eigenvalue weighted by molar-refractivity contribution is 0.415. The van der Waals surface area contributed by atoms with E-state index in [4.69, 9.17) is 5.73 Å². The average molecular weight is 288 g/mol. The van der Waals surface area contributed by atoms with Gasteiger partial charge < -0.3 is 5.73 Å². The zero-order valence-corrected chi connectivity index (χ0v) is 12.8. The molecule has 0 aliphatic heterocycles. The summed E-state index contributed by atoms with van der Waals surface area (Å²) in [6.07, 6.45) is 1.96. The quantitative estimate of drug-likeness (QED) is 0.841. The number of nitrogens with two attached hydrogens (primary N) is 1. The number of sulfonamides is 1. The van der Waals surface area contributed by atoms with Crippen molar-refractivity contribution in [1.82, 2.24) is 4.31 Å². The number of hydrogen-bond donors (Lipinski definition) is 1. The van der Waals surface area contributed by atoms with Crippen molar-refractivity contribution >= 4 is 27.5 Å². The monoisotopic (exact) mass is 288 g/mol. The number of nitrogen functional groups attached to an aromatic ring is 1.